The molecule has 0 aromatic heterocycles. The first-order valence-electron chi connectivity index (χ1n) is 14.8. The van der Waals surface area contributed by atoms with Crippen LogP contribution in [0.3, 0.4) is 0 Å². The fourth-order valence-corrected chi connectivity index (χ4v) is 8.67. The average Bonchev–Trinajstić information content (AvgIpc) is 3.13. The van der Waals surface area contributed by atoms with Crippen LogP contribution in [0.25, 0.3) is 0 Å². The molecule has 7 atom stereocenters. The molecule has 0 spiro atoms. The van der Waals surface area contributed by atoms with Gasteiger partial charge in [0.1, 0.15) is 5.60 Å². The molecular formula is C34H47NO2. The summed E-state index contributed by atoms with van der Waals surface area (Å²) in [6, 6.07) is 9.33. The molecule has 0 amide bonds. The molecule has 4 aliphatic carbocycles. The summed E-state index contributed by atoms with van der Waals surface area (Å²) in [6.07, 6.45) is 8.67. The van der Waals surface area contributed by atoms with E-state index in [1.54, 1.807) is 0 Å². The summed E-state index contributed by atoms with van der Waals surface area (Å²) in [7, 11) is 0. The Balaban J connectivity index is 1.57. The lowest BCUT2D eigenvalue weighted by molar-refractivity contribution is -0.117. The van der Waals surface area contributed by atoms with E-state index in [0.29, 0.717) is 41.8 Å². The van der Waals surface area contributed by atoms with Gasteiger partial charge in [0, 0.05) is 36.0 Å². The van der Waals surface area contributed by atoms with Gasteiger partial charge in [-0.25, -0.2) is 0 Å². The Bertz CT molecular complexity index is 1110. The van der Waals surface area contributed by atoms with E-state index in [1.807, 2.05) is 6.08 Å². The van der Waals surface area contributed by atoms with Crippen molar-refractivity contribution in [3.63, 3.8) is 0 Å². The van der Waals surface area contributed by atoms with Gasteiger partial charge in [-0.2, -0.15) is 0 Å². The van der Waals surface area contributed by atoms with Gasteiger partial charge in [-0.15, -0.1) is 0 Å². The second kappa shape index (κ2) is 9.60. The van der Waals surface area contributed by atoms with Crippen molar-refractivity contribution in [3.05, 3.63) is 41.5 Å². The zero-order valence-electron chi connectivity index (χ0n) is 23.9. The van der Waals surface area contributed by atoms with Crippen molar-refractivity contribution < 1.29 is 9.90 Å². The molecule has 200 valence electrons. The standard InChI is InChI=1S/C34H47NO2/c1-7-35(8-2)25-12-9-23(10-13-25)29-22-33(6)30(17-18-34(33,37)20-19-32(3,4)5)28-15-11-24-21-26(36)14-16-27(24)31(28)29/h9-10,12-13,21,27-31,37H,7-8,11,14-18,22H2,1-6H3/t27-,28-,29+,30-,31+,33-,34+/m0/s1. The lowest BCUT2D eigenvalue weighted by Crippen LogP contribution is -2.54. The highest BCUT2D eigenvalue weighted by Gasteiger charge is 2.64. The van der Waals surface area contributed by atoms with Gasteiger partial charge in [-0.05, 0) is 127 Å². The van der Waals surface area contributed by atoms with E-state index in [4.69, 9.17) is 0 Å². The minimum absolute atomic E-state index is 0.125. The molecule has 0 radical (unpaired) electrons. The Hall–Kier alpha value is -2.05. The summed E-state index contributed by atoms with van der Waals surface area (Å²) in [6.45, 7) is 15.2. The van der Waals surface area contributed by atoms with E-state index in [9.17, 15) is 9.90 Å². The highest BCUT2D eigenvalue weighted by atomic mass is 16.3. The SMILES string of the molecule is CCN(CC)c1ccc([C@H]2C[C@@]3(C)[C@@H](CC[C@@]3(O)C#CC(C)(C)C)[C@@H]3CCC4=CC(=O)CC[C@@H]4[C@H]32)cc1. The number of nitrogens with zero attached hydrogens (tertiary/aromatic N) is 1. The van der Waals surface area contributed by atoms with Crippen LogP contribution in [0, 0.1) is 46.3 Å². The molecule has 0 bridgehead atoms. The van der Waals surface area contributed by atoms with Crippen LogP contribution in [-0.2, 0) is 4.79 Å². The zero-order valence-corrected chi connectivity index (χ0v) is 23.9. The zero-order chi connectivity index (χ0) is 26.6. The number of fused-ring (bicyclic) bond motifs is 5. The second-order valence-corrected chi connectivity index (χ2v) is 13.6. The predicted molar refractivity (Wildman–Crippen MR) is 152 cm³/mol. The molecule has 3 saturated carbocycles. The number of ketones is 1. The van der Waals surface area contributed by atoms with Gasteiger partial charge in [0.2, 0.25) is 0 Å². The molecule has 3 fully saturated rings. The molecule has 0 saturated heterocycles. The Morgan fingerprint density at radius 1 is 1.03 bits per heavy atom. The predicted octanol–water partition coefficient (Wildman–Crippen LogP) is 7.15. The number of anilines is 1. The van der Waals surface area contributed by atoms with E-state index < -0.39 is 5.60 Å². The van der Waals surface area contributed by atoms with Gasteiger partial charge >= 0.3 is 0 Å². The lowest BCUT2D eigenvalue weighted by atomic mass is 9.46. The molecule has 3 nitrogen and oxygen atoms in total. The maximum atomic E-state index is 12.3. The second-order valence-electron chi connectivity index (χ2n) is 13.6. The van der Waals surface area contributed by atoms with Gasteiger partial charge in [-0.1, -0.05) is 36.5 Å². The monoisotopic (exact) mass is 501 g/mol. The number of hydrogen-bond acceptors (Lipinski definition) is 3. The first-order chi connectivity index (χ1) is 17.5. The maximum Gasteiger partial charge on any atom is 0.155 e. The fourth-order valence-electron chi connectivity index (χ4n) is 8.67. The minimum Gasteiger partial charge on any atom is -0.377 e. The number of allylic oxidation sites excluding steroid dienone is 1. The molecule has 1 N–H and O–H groups in total. The lowest BCUT2D eigenvalue weighted by Gasteiger charge is -2.58. The average molecular weight is 502 g/mol. The number of benzene rings is 1. The molecule has 3 heteroatoms. The van der Waals surface area contributed by atoms with Crippen molar-refractivity contribution in [3.8, 4) is 11.8 Å². The quantitative estimate of drug-likeness (QED) is 0.445. The topological polar surface area (TPSA) is 40.5 Å². The van der Waals surface area contributed by atoms with Gasteiger partial charge in [0.05, 0.1) is 0 Å². The van der Waals surface area contributed by atoms with Crippen molar-refractivity contribution in [2.45, 2.75) is 98.0 Å². The summed E-state index contributed by atoms with van der Waals surface area (Å²) in [5.41, 5.74) is 2.81. The first-order valence-corrected chi connectivity index (χ1v) is 14.8. The normalized spacial score (nSPS) is 37.0. The summed E-state index contributed by atoms with van der Waals surface area (Å²) in [4.78, 5) is 14.7. The number of rotatable bonds is 4. The minimum atomic E-state index is -0.937. The Labute approximate surface area is 225 Å². The number of carbonyl (C=O) groups excluding carboxylic acids is 1. The number of carbonyl (C=O) groups is 1. The van der Waals surface area contributed by atoms with Gasteiger partial charge in [0.25, 0.3) is 0 Å². The molecule has 0 aliphatic heterocycles. The van der Waals surface area contributed by atoms with E-state index in [-0.39, 0.29) is 10.8 Å². The third-order valence-electron chi connectivity index (χ3n) is 10.5. The summed E-state index contributed by atoms with van der Waals surface area (Å²) in [5, 5.41) is 12.2. The third-order valence-corrected chi connectivity index (χ3v) is 10.5. The summed E-state index contributed by atoms with van der Waals surface area (Å²) >= 11 is 0. The summed E-state index contributed by atoms with van der Waals surface area (Å²) < 4.78 is 0. The van der Waals surface area contributed by atoms with Crippen molar-refractivity contribution in [1.29, 1.82) is 0 Å². The van der Waals surface area contributed by atoms with E-state index in [2.05, 4.69) is 82.5 Å². The van der Waals surface area contributed by atoms with Crippen molar-refractivity contribution in [2.75, 3.05) is 18.0 Å². The van der Waals surface area contributed by atoms with Crippen molar-refractivity contribution >= 4 is 11.5 Å². The molecule has 0 unspecified atom stereocenters. The smallest absolute Gasteiger partial charge is 0.155 e. The van der Waals surface area contributed by atoms with Gasteiger partial charge in [0.15, 0.2) is 5.78 Å². The Morgan fingerprint density at radius 3 is 2.38 bits per heavy atom. The van der Waals surface area contributed by atoms with Crippen LogP contribution in [0.4, 0.5) is 5.69 Å². The van der Waals surface area contributed by atoms with Gasteiger partial charge < -0.3 is 10.0 Å². The molecule has 0 heterocycles. The Kier molecular flexibility index (Phi) is 6.89. The fraction of sp³-hybridized carbons (Fsp3) is 0.676. The molecule has 37 heavy (non-hydrogen) atoms. The molecule has 5 rings (SSSR count). The highest BCUT2D eigenvalue weighted by molar-refractivity contribution is 5.91. The van der Waals surface area contributed by atoms with Crippen molar-refractivity contribution in [1.82, 2.24) is 0 Å². The Morgan fingerprint density at radius 2 is 1.73 bits per heavy atom. The number of hydrogen-bond donors (Lipinski definition) is 1. The van der Waals surface area contributed by atoms with Crippen LogP contribution in [0.1, 0.15) is 98.0 Å². The van der Waals surface area contributed by atoms with Crippen LogP contribution in [-0.4, -0.2) is 29.6 Å². The van der Waals surface area contributed by atoms with E-state index in [1.165, 1.54) is 16.8 Å². The van der Waals surface area contributed by atoms with Crippen LogP contribution >= 0.6 is 0 Å². The molecule has 4 aliphatic rings. The maximum absolute atomic E-state index is 12.3. The van der Waals surface area contributed by atoms with Crippen LogP contribution in [0.2, 0.25) is 0 Å². The largest absolute Gasteiger partial charge is 0.377 e. The molecular weight excluding hydrogens is 454 g/mol. The summed E-state index contributed by atoms with van der Waals surface area (Å²) in [5.74, 6) is 9.67. The van der Waals surface area contributed by atoms with Crippen LogP contribution in [0.5, 0.6) is 0 Å². The molecule has 1 aromatic rings. The third kappa shape index (κ3) is 4.58. The number of aliphatic hydroxyl groups is 1. The van der Waals surface area contributed by atoms with E-state index >= 15 is 0 Å². The van der Waals surface area contributed by atoms with E-state index in [0.717, 1.165) is 51.6 Å². The van der Waals surface area contributed by atoms with Crippen molar-refractivity contribution in [2.24, 2.45) is 34.5 Å². The van der Waals surface area contributed by atoms with Crippen LogP contribution in [0.15, 0.2) is 35.9 Å². The highest BCUT2D eigenvalue weighted by Crippen LogP contribution is 2.68. The van der Waals surface area contributed by atoms with Gasteiger partial charge in [-0.3, -0.25) is 4.79 Å². The van der Waals surface area contributed by atoms with Crippen LogP contribution < -0.4 is 4.90 Å². The molecule has 1 aromatic carbocycles. The first kappa shape index (κ1) is 26.6.